The monoisotopic (exact) mass is 277 g/mol. The standard InChI is InChI=1S/C10H16BrNOS/c1-8(2)12(3-4-13)6-9-5-10(11)14-7-9/h5,7-8,13H,3-4,6H2,1-2H3. The molecular weight excluding hydrogens is 262 g/mol. The predicted octanol–water partition coefficient (Wildman–Crippen LogP) is 2.71. The summed E-state index contributed by atoms with van der Waals surface area (Å²) in [4.78, 5) is 2.26. The summed E-state index contributed by atoms with van der Waals surface area (Å²) in [6, 6.07) is 2.61. The lowest BCUT2D eigenvalue weighted by molar-refractivity contribution is 0.159. The fraction of sp³-hybridized carbons (Fsp3) is 0.600. The van der Waals surface area contributed by atoms with E-state index in [0.717, 1.165) is 13.1 Å². The van der Waals surface area contributed by atoms with E-state index in [-0.39, 0.29) is 6.61 Å². The molecule has 0 aromatic carbocycles. The second-order valence-electron chi connectivity index (χ2n) is 3.55. The Morgan fingerprint density at radius 3 is 2.71 bits per heavy atom. The van der Waals surface area contributed by atoms with E-state index in [9.17, 15) is 0 Å². The van der Waals surface area contributed by atoms with Crippen molar-refractivity contribution in [2.24, 2.45) is 0 Å². The molecule has 0 aliphatic carbocycles. The molecule has 1 aromatic rings. The summed E-state index contributed by atoms with van der Waals surface area (Å²) in [5.74, 6) is 0. The van der Waals surface area contributed by atoms with Gasteiger partial charge in [-0.1, -0.05) is 0 Å². The molecular formula is C10H16BrNOS. The van der Waals surface area contributed by atoms with E-state index in [1.165, 1.54) is 9.35 Å². The van der Waals surface area contributed by atoms with Gasteiger partial charge in [0.25, 0.3) is 0 Å². The molecule has 0 amide bonds. The van der Waals surface area contributed by atoms with E-state index in [1.807, 2.05) is 0 Å². The first-order valence-electron chi connectivity index (χ1n) is 4.71. The molecule has 0 atom stereocenters. The Labute approximate surface area is 97.7 Å². The fourth-order valence-electron chi connectivity index (χ4n) is 1.31. The molecule has 0 saturated carbocycles. The van der Waals surface area contributed by atoms with E-state index in [4.69, 9.17) is 5.11 Å². The molecule has 0 aliphatic heterocycles. The molecule has 0 spiro atoms. The first kappa shape index (κ1) is 12.2. The van der Waals surface area contributed by atoms with Gasteiger partial charge in [0.2, 0.25) is 0 Å². The molecule has 1 N–H and O–H groups in total. The van der Waals surface area contributed by atoms with Gasteiger partial charge in [0.05, 0.1) is 10.4 Å². The normalized spacial score (nSPS) is 11.6. The largest absolute Gasteiger partial charge is 0.395 e. The molecule has 1 rings (SSSR count). The predicted molar refractivity (Wildman–Crippen MR) is 64.7 cm³/mol. The molecule has 0 fully saturated rings. The van der Waals surface area contributed by atoms with Crippen LogP contribution in [0.15, 0.2) is 15.2 Å². The van der Waals surface area contributed by atoms with E-state index >= 15 is 0 Å². The maximum atomic E-state index is 8.92. The van der Waals surface area contributed by atoms with Crippen molar-refractivity contribution in [1.82, 2.24) is 4.90 Å². The number of rotatable bonds is 5. The van der Waals surface area contributed by atoms with Crippen molar-refractivity contribution in [3.05, 3.63) is 20.8 Å². The van der Waals surface area contributed by atoms with Crippen LogP contribution in [-0.4, -0.2) is 29.2 Å². The average Bonchev–Trinajstić information content (AvgIpc) is 2.50. The first-order chi connectivity index (χ1) is 6.63. The Morgan fingerprint density at radius 2 is 2.29 bits per heavy atom. The minimum absolute atomic E-state index is 0.226. The second kappa shape index (κ2) is 5.85. The summed E-state index contributed by atoms with van der Waals surface area (Å²) in [6.45, 7) is 6.18. The highest BCUT2D eigenvalue weighted by atomic mass is 79.9. The molecule has 0 saturated heterocycles. The van der Waals surface area contributed by atoms with E-state index < -0.39 is 0 Å². The van der Waals surface area contributed by atoms with Gasteiger partial charge in [-0.2, -0.15) is 0 Å². The first-order valence-corrected chi connectivity index (χ1v) is 6.38. The molecule has 0 unspecified atom stereocenters. The van der Waals surface area contributed by atoms with E-state index in [0.29, 0.717) is 6.04 Å². The molecule has 80 valence electrons. The van der Waals surface area contributed by atoms with Gasteiger partial charge < -0.3 is 5.11 Å². The van der Waals surface area contributed by atoms with Gasteiger partial charge in [-0.05, 0) is 46.8 Å². The van der Waals surface area contributed by atoms with Gasteiger partial charge in [0.1, 0.15) is 0 Å². The summed E-state index contributed by atoms with van der Waals surface area (Å²) in [5, 5.41) is 11.1. The molecule has 14 heavy (non-hydrogen) atoms. The molecule has 1 aromatic heterocycles. The van der Waals surface area contributed by atoms with Gasteiger partial charge in [0.15, 0.2) is 0 Å². The summed E-state index contributed by atoms with van der Waals surface area (Å²) < 4.78 is 1.17. The van der Waals surface area contributed by atoms with Gasteiger partial charge >= 0.3 is 0 Å². The number of hydrogen-bond donors (Lipinski definition) is 1. The topological polar surface area (TPSA) is 23.5 Å². The van der Waals surface area contributed by atoms with Crippen molar-refractivity contribution in [2.75, 3.05) is 13.2 Å². The second-order valence-corrected chi connectivity index (χ2v) is 5.84. The number of aliphatic hydroxyl groups excluding tert-OH is 1. The number of halogens is 1. The van der Waals surface area contributed by atoms with Crippen molar-refractivity contribution in [3.63, 3.8) is 0 Å². The highest BCUT2D eigenvalue weighted by Gasteiger charge is 2.09. The lowest BCUT2D eigenvalue weighted by Crippen LogP contribution is -2.32. The Morgan fingerprint density at radius 1 is 1.57 bits per heavy atom. The minimum Gasteiger partial charge on any atom is -0.395 e. The van der Waals surface area contributed by atoms with Crippen LogP contribution in [0, 0.1) is 0 Å². The highest BCUT2D eigenvalue weighted by molar-refractivity contribution is 9.11. The summed E-state index contributed by atoms with van der Waals surface area (Å²) >= 11 is 5.15. The van der Waals surface area contributed by atoms with Gasteiger partial charge in [0, 0.05) is 19.1 Å². The number of nitrogens with zero attached hydrogens (tertiary/aromatic N) is 1. The quantitative estimate of drug-likeness (QED) is 0.895. The maximum absolute atomic E-state index is 8.92. The molecule has 1 heterocycles. The smallest absolute Gasteiger partial charge is 0.0701 e. The SMILES string of the molecule is CC(C)N(CCO)Cc1csc(Br)c1. The van der Waals surface area contributed by atoms with Crippen LogP contribution in [0.25, 0.3) is 0 Å². The zero-order chi connectivity index (χ0) is 10.6. The van der Waals surface area contributed by atoms with Crippen molar-refractivity contribution in [3.8, 4) is 0 Å². The van der Waals surface area contributed by atoms with Crippen LogP contribution in [0.1, 0.15) is 19.4 Å². The van der Waals surface area contributed by atoms with Gasteiger partial charge in [-0.25, -0.2) is 0 Å². The molecule has 0 bridgehead atoms. The average molecular weight is 278 g/mol. The molecule has 0 radical (unpaired) electrons. The third kappa shape index (κ3) is 3.69. The Balaban J connectivity index is 2.55. The van der Waals surface area contributed by atoms with Crippen LogP contribution in [0.3, 0.4) is 0 Å². The van der Waals surface area contributed by atoms with Gasteiger partial charge in [-0.3, -0.25) is 4.90 Å². The third-order valence-electron chi connectivity index (χ3n) is 2.12. The molecule has 0 aliphatic rings. The Bertz CT molecular complexity index is 275. The number of aliphatic hydroxyl groups is 1. The van der Waals surface area contributed by atoms with Crippen LogP contribution < -0.4 is 0 Å². The minimum atomic E-state index is 0.226. The van der Waals surface area contributed by atoms with Crippen LogP contribution in [0.2, 0.25) is 0 Å². The van der Waals surface area contributed by atoms with Crippen LogP contribution in [-0.2, 0) is 6.54 Å². The van der Waals surface area contributed by atoms with Crippen molar-refractivity contribution in [1.29, 1.82) is 0 Å². The van der Waals surface area contributed by atoms with Gasteiger partial charge in [-0.15, -0.1) is 11.3 Å². The van der Waals surface area contributed by atoms with Crippen molar-refractivity contribution >= 4 is 27.3 Å². The number of hydrogen-bond acceptors (Lipinski definition) is 3. The lowest BCUT2D eigenvalue weighted by atomic mass is 10.2. The summed E-state index contributed by atoms with van der Waals surface area (Å²) in [6.07, 6.45) is 0. The van der Waals surface area contributed by atoms with Crippen molar-refractivity contribution in [2.45, 2.75) is 26.4 Å². The van der Waals surface area contributed by atoms with Crippen LogP contribution in [0.5, 0.6) is 0 Å². The maximum Gasteiger partial charge on any atom is 0.0701 e. The fourth-order valence-corrected chi connectivity index (χ4v) is 2.51. The Kier molecular flexibility index (Phi) is 5.09. The van der Waals surface area contributed by atoms with E-state index in [1.54, 1.807) is 11.3 Å². The highest BCUT2D eigenvalue weighted by Crippen LogP contribution is 2.22. The zero-order valence-electron chi connectivity index (χ0n) is 8.53. The van der Waals surface area contributed by atoms with Crippen LogP contribution >= 0.6 is 27.3 Å². The number of thiophene rings is 1. The lowest BCUT2D eigenvalue weighted by Gasteiger charge is -2.24. The van der Waals surface area contributed by atoms with E-state index in [2.05, 4.69) is 46.1 Å². The summed E-state index contributed by atoms with van der Waals surface area (Å²) in [5.41, 5.74) is 1.31. The summed E-state index contributed by atoms with van der Waals surface area (Å²) in [7, 11) is 0. The van der Waals surface area contributed by atoms with Crippen molar-refractivity contribution < 1.29 is 5.11 Å². The molecule has 4 heteroatoms. The zero-order valence-corrected chi connectivity index (χ0v) is 10.9. The van der Waals surface area contributed by atoms with Crippen LogP contribution in [0.4, 0.5) is 0 Å². The Hall–Kier alpha value is 0.100. The molecule has 2 nitrogen and oxygen atoms in total. The third-order valence-corrected chi connectivity index (χ3v) is 3.68.